The smallest absolute Gasteiger partial charge is 0.142 e. The number of hydrogen-bond donors (Lipinski definition) is 0. The highest BCUT2D eigenvalue weighted by Crippen LogP contribution is 2.38. The molecule has 0 amide bonds. The number of hydrogen-bond acceptors (Lipinski definition) is 1. The van der Waals surface area contributed by atoms with Gasteiger partial charge in [-0.2, -0.15) is 0 Å². The second kappa shape index (κ2) is 2.80. The molecule has 11 heavy (non-hydrogen) atoms. The maximum atomic E-state index is 11.5. The fourth-order valence-corrected chi connectivity index (χ4v) is 1.73. The van der Waals surface area contributed by atoms with Crippen molar-refractivity contribution in [1.82, 2.24) is 0 Å². The minimum Gasteiger partial charge on any atom is -0.299 e. The van der Waals surface area contributed by atoms with Gasteiger partial charge in [-0.1, -0.05) is 13.0 Å². The molecule has 0 aromatic rings. The van der Waals surface area contributed by atoms with E-state index in [0.717, 1.165) is 19.3 Å². The summed E-state index contributed by atoms with van der Waals surface area (Å²) in [7, 11) is 0. The Kier molecular flexibility index (Phi) is 2.17. The van der Waals surface area contributed by atoms with Gasteiger partial charge in [0.15, 0.2) is 0 Å². The van der Waals surface area contributed by atoms with Gasteiger partial charge in [0, 0.05) is 11.8 Å². The molecule has 1 fully saturated rings. The molecule has 0 radical (unpaired) electrons. The largest absolute Gasteiger partial charge is 0.299 e. The van der Waals surface area contributed by atoms with Gasteiger partial charge in [-0.25, -0.2) is 0 Å². The van der Waals surface area contributed by atoms with E-state index in [0.29, 0.717) is 11.7 Å². The predicted octanol–water partition coefficient (Wildman–Crippen LogP) is 2.57. The Labute approximate surface area is 68.5 Å². The minimum atomic E-state index is -0.238. The van der Waals surface area contributed by atoms with E-state index in [4.69, 9.17) is 0 Å². The molecule has 0 aromatic heterocycles. The summed E-state index contributed by atoms with van der Waals surface area (Å²) in [6.07, 6.45) is 4.78. The standard InChI is InChI=1S/C10H16O/c1-4-10(3)8(2)6-5-7-9(10)11/h4,8H,1,5-7H2,2-3H3/t8-,10-/m0/s1. The molecule has 0 saturated heterocycles. The van der Waals surface area contributed by atoms with E-state index >= 15 is 0 Å². The Bertz CT molecular complexity index is 183. The van der Waals surface area contributed by atoms with Crippen LogP contribution in [0.1, 0.15) is 33.1 Å². The molecular weight excluding hydrogens is 136 g/mol. The first-order valence-electron chi connectivity index (χ1n) is 4.28. The van der Waals surface area contributed by atoms with Crippen LogP contribution in [-0.2, 0) is 4.79 Å². The lowest BCUT2D eigenvalue weighted by Gasteiger charge is -2.35. The fraction of sp³-hybridized carbons (Fsp3) is 0.700. The average molecular weight is 152 g/mol. The first-order chi connectivity index (χ1) is 5.11. The highest BCUT2D eigenvalue weighted by molar-refractivity contribution is 5.87. The summed E-state index contributed by atoms with van der Waals surface area (Å²) >= 11 is 0. The molecule has 1 aliphatic carbocycles. The molecule has 0 heterocycles. The second-order valence-electron chi connectivity index (χ2n) is 3.70. The molecule has 1 aliphatic rings. The van der Waals surface area contributed by atoms with E-state index in [1.54, 1.807) is 0 Å². The molecule has 0 aliphatic heterocycles. The van der Waals surface area contributed by atoms with Gasteiger partial charge in [-0.05, 0) is 25.7 Å². The van der Waals surface area contributed by atoms with Crippen molar-refractivity contribution in [3.05, 3.63) is 12.7 Å². The van der Waals surface area contributed by atoms with Gasteiger partial charge in [0.25, 0.3) is 0 Å². The van der Waals surface area contributed by atoms with E-state index in [-0.39, 0.29) is 5.41 Å². The monoisotopic (exact) mass is 152 g/mol. The molecule has 0 aromatic carbocycles. The quantitative estimate of drug-likeness (QED) is 0.528. The number of rotatable bonds is 1. The van der Waals surface area contributed by atoms with Crippen LogP contribution in [0.5, 0.6) is 0 Å². The maximum Gasteiger partial charge on any atom is 0.142 e. The molecule has 0 N–H and O–H groups in total. The zero-order valence-corrected chi connectivity index (χ0v) is 7.39. The van der Waals surface area contributed by atoms with Crippen LogP contribution in [-0.4, -0.2) is 5.78 Å². The van der Waals surface area contributed by atoms with Crippen molar-refractivity contribution in [1.29, 1.82) is 0 Å². The summed E-state index contributed by atoms with van der Waals surface area (Å²) in [5, 5.41) is 0. The lowest BCUT2D eigenvalue weighted by Crippen LogP contribution is -2.35. The van der Waals surface area contributed by atoms with E-state index < -0.39 is 0 Å². The highest BCUT2D eigenvalue weighted by atomic mass is 16.1. The molecule has 0 unspecified atom stereocenters. The Morgan fingerprint density at radius 3 is 2.73 bits per heavy atom. The van der Waals surface area contributed by atoms with E-state index in [2.05, 4.69) is 13.5 Å². The van der Waals surface area contributed by atoms with Gasteiger partial charge in [0.05, 0.1) is 0 Å². The third kappa shape index (κ3) is 1.24. The fourth-order valence-electron chi connectivity index (χ4n) is 1.73. The van der Waals surface area contributed by atoms with Gasteiger partial charge in [-0.15, -0.1) is 6.58 Å². The van der Waals surface area contributed by atoms with Gasteiger partial charge < -0.3 is 0 Å². The van der Waals surface area contributed by atoms with Gasteiger partial charge in [0.2, 0.25) is 0 Å². The van der Waals surface area contributed by atoms with E-state index in [1.165, 1.54) is 0 Å². The van der Waals surface area contributed by atoms with Gasteiger partial charge in [-0.3, -0.25) is 4.79 Å². The number of ketones is 1. The maximum absolute atomic E-state index is 11.5. The highest BCUT2D eigenvalue weighted by Gasteiger charge is 2.37. The third-order valence-corrected chi connectivity index (χ3v) is 3.09. The van der Waals surface area contributed by atoms with Crippen molar-refractivity contribution in [2.45, 2.75) is 33.1 Å². The minimum absolute atomic E-state index is 0.238. The number of allylic oxidation sites excluding steroid dienone is 1. The summed E-state index contributed by atoms with van der Waals surface area (Å²) in [5.41, 5.74) is -0.238. The zero-order valence-electron chi connectivity index (χ0n) is 7.39. The summed E-state index contributed by atoms with van der Waals surface area (Å²) in [6.45, 7) is 7.88. The van der Waals surface area contributed by atoms with Crippen LogP contribution in [0.2, 0.25) is 0 Å². The Morgan fingerprint density at radius 2 is 2.36 bits per heavy atom. The summed E-state index contributed by atoms with van der Waals surface area (Å²) in [6, 6.07) is 0. The van der Waals surface area contributed by atoms with Crippen molar-refractivity contribution in [2.24, 2.45) is 11.3 Å². The van der Waals surface area contributed by atoms with Gasteiger partial charge in [0.1, 0.15) is 5.78 Å². The molecule has 0 spiro atoms. The van der Waals surface area contributed by atoms with Crippen molar-refractivity contribution in [2.75, 3.05) is 0 Å². The van der Waals surface area contributed by atoms with Crippen LogP contribution >= 0.6 is 0 Å². The Hall–Kier alpha value is -0.590. The molecular formula is C10H16O. The molecule has 62 valence electrons. The molecule has 0 bridgehead atoms. The van der Waals surface area contributed by atoms with Crippen molar-refractivity contribution in [3.8, 4) is 0 Å². The molecule has 1 nitrogen and oxygen atoms in total. The zero-order chi connectivity index (χ0) is 8.48. The predicted molar refractivity (Wildman–Crippen MR) is 46.3 cm³/mol. The molecule has 1 heteroatoms. The van der Waals surface area contributed by atoms with Crippen LogP contribution in [0.25, 0.3) is 0 Å². The lowest BCUT2D eigenvalue weighted by atomic mass is 9.68. The van der Waals surface area contributed by atoms with Crippen molar-refractivity contribution in [3.63, 3.8) is 0 Å². The lowest BCUT2D eigenvalue weighted by molar-refractivity contribution is -0.130. The van der Waals surface area contributed by atoms with Crippen LogP contribution in [0.3, 0.4) is 0 Å². The van der Waals surface area contributed by atoms with E-state index in [9.17, 15) is 4.79 Å². The van der Waals surface area contributed by atoms with Crippen molar-refractivity contribution >= 4 is 5.78 Å². The third-order valence-electron chi connectivity index (χ3n) is 3.09. The first-order valence-corrected chi connectivity index (χ1v) is 4.28. The Morgan fingerprint density at radius 1 is 1.73 bits per heavy atom. The molecule has 1 saturated carbocycles. The summed E-state index contributed by atoms with van der Waals surface area (Å²) in [5.74, 6) is 0.840. The summed E-state index contributed by atoms with van der Waals surface area (Å²) in [4.78, 5) is 11.5. The average Bonchev–Trinajstić information content (AvgIpc) is 2.00. The van der Waals surface area contributed by atoms with Crippen LogP contribution in [0.15, 0.2) is 12.7 Å². The normalized spacial score (nSPS) is 38.7. The first kappa shape index (κ1) is 8.51. The van der Waals surface area contributed by atoms with Crippen molar-refractivity contribution < 1.29 is 4.79 Å². The molecule has 2 atom stereocenters. The van der Waals surface area contributed by atoms with Crippen LogP contribution < -0.4 is 0 Å². The van der Waals surface area contributed by atoms with E-state index in [1.807, 2.05) is 13.0 Å². The summed E-state index contributed by atoms with van der Waals surface area (Å²) < 4.78 is 0. The SMILES string of the molecule is C=C[C@]1(C)C(=O)CCC[C@@H]1C. The number of Topliss-reactive ketones (excluding diaryl/α,β-unsaturated/α-hetero) is 1. The Balaban J connectivity index is 2.86. The topological polar surface area (TPSA) is 17.1 Å². The number of carbonyl (C=O) groups excluding carboxylic acids is 1. The number of carbonyl (C=O) groups is 1. The van der Waals surface area contributed by atoms with Crippen LogP contribution in [0.4, 0.5) is 0 Å². The van der Waals surface area contributed by atoms with Gasteiger partial charge >= 0.3 is 0 Å². The molecule has 1 rings (SSSR count). The van der Waals surface area contributed by atoms with Crippen LogP contribution in [0, 0.1) is 11.3 Å². The second-order valence-corrected chi connectivity index (χ2v) is 3.70.